The summed E-state index contributed by atoms with van der Waals surface area (Å²) < 4.78 is 0. The van der Waals surface area contributed by atoms with Crippen molar-refractivity contribution in [1.29, 1.82) is 0 Å². The van der Waals surface area contributed by atoms with Gasteiger partial charge in [-0.2, -0.15) is 0 Å². The first-order chi connectivity index (χ1) is 24.4. The predicted octanol–water partition coefficient (Wildman–Crippen LogP) is 13.6. The molecular weight excluding hydrogens is 603 g/mol. The molecule has 1 heterocycles. The molecule has 9 rings (SSSR count). The SMILES string of the molecule is CC(C)(C)c1cc2ccc3c(-c4ccc(-c5ccc(-c6ccccc6)cc5)cc4)cc(-c4ccc(-c5ccccn5)cc4)c4ccc(c1)c2c34. The van der Waals surface area contributed by atoms with Gasteiger partial charge in [0.1, 0.15) is 0 Å². The maximum atomic E-state index is 4.58. The lowest BCUT2D eigenvalue weighted by Gasteiger charge is -2.23. The van der Waals surface area contributed by atoms with Gasteiger partial charge in [-0.15, -0.1) is 0 Å². The van der Waals surface area contributed by atoms with Gasteiger partial charge in [0.2, 0.25) is 0 Å². The summed E-state index contributed by atoms with van der Waals surface area (Å²) in [6.45, 7) is 6.89. The molecular formula is C49H37N. The van der Waals surface area contributed by atoms with E-state index in [2.05, 4.69) is 177 Å². The van der Waals surface area contributed by atoms with Crippen molar-refractivity contribution in [3.05, 3.63) is 176 Å². The summed E-state index contributed by atoms with van der Waals surface area (Å²) in [4.78, 5) is 4.58. The van der Waals surface area contributed by atoms with E-state index in [1.807, 2.05) is 18.3 Å². The molecule has 0 unspecified atom stereocenters. The van der Waals surface area contributed by atoms with Gasteiger partial charge in [0.25, 0.3) is 0 Å². The van der Waals surface area contributed by atoms with Crippen molar-refractivity contribution in [2.45, 2.75) is 26.2 Å². The van der Waals surface area contributed by atoms with Crippen LogP contribution in [0.25, 0.3) is 88.1 Å². The summed E-state index contributed by atoms with van der Waals surface area (Å²) in [7, 11) is 0. The van der Waals surface area contributed by atoms with Crippen molar-refractivity contribution in [3.63, 3.8) is 0 Å². The summed E-state index contributed by atoms with van der Waals surface area (Å²) in [5.41, 5.74) is 13.4. The van der Waals surface area contributed by atoms with Gasteiger partial charge in [-0.05, 0) is 106 Å². The Kier molecular flexibility index (Phi) is 7.10. The summed E-state index contributed by atoms with van der Waals surface area (Å²) in [6, 6.07) is 60.1. The molecule has 0 aliphatic carbocycles. The molecule has 0 amide bonds. The summed E-state index contributed by atoms with van der Waals surface area (Å²) in [5, 5.41) is 7.85. The topological polar surface area (TPSA) is 12.9 Å². The highest BCUT2D eigenvalue weighted by Crippen LogP contribution is 2.45. The van der Waals surface area contributed by atoms with Crippen LogP contribution in [-0.4, -0.2) is 4.98 Å². The Morgan fingerprint density at radius 2 is 0.840 bits per heavy atom. The largest absolute Gasteiger partial charge is 0.256 e. The molecule has 1 aromatic heterocycles. The summed E-state index contributed by atoms with van der Waals surface area (Å²) in [5.74, 6) is 0. The Morgan fingerprint density at radius 3 is 1.32 bits per heavy atom. The average Bonchev–Trinajstić information content (AvgIpc) is 3.17. The van der Waals surface area contributed by atoms with E-state index in [4.69, 9.17) is 0 Å². The molecule has 0 bridgehead atoms. The maximum absolute atomic E-state index is 4.58. The molecule has 0 aliphatic heterocycles. The van der Waals surface area contributed by atoms with Crippen LogP contribution in [0.4, 0.5) is 0 Å². The lowest BCUT2D eigenvalue weighted by molar-refractivity contribution is 0.591. The molecule has 8 aromatic carbocycles. The van der Waals surface area contributed by atoms with Gasteiger partial charge < -0.3 is 0 Å². The summed E-state index contributed by atoms with van der Waals surface area (Å²) >= 11 is 0. The zero-order valence-electron chi connectivity index (χ0n) is 28.6. The van der Waals surface area contributed by atoms with Gasteiger partial charge in [0, 0.05) is 11.8 Å². The number of hydrogen-bond donors (Lipinski definition) is 0. The molecule has 0 N–H and O–H groups in total. The molecule has 0 saturated heterocycles. The molecule has 0 fully saturated rings. The van der Waals surface area contributed by atoms with Crippen LogP contribution in [0.3, 0.4) is 0 Å². The highest BCUT2D eigenvalue weighted by Gasteiger charge is 2.20. The minimum atomic E-state index is 0.0692. The van der Waals surface area contributed by atoms with Crippen LogP contribution in [0, 0.1) is 0 Å². The van der Waals surface area contributed by atoms with Gasteiger partial charge in [-0.25, -0.2) is 0 Å². The van der Waals surface area contributed by atoms with Crippen LogP contribution in [-0.2, 0) is 5.41 Å². The standard InChI is InChI=1S/C49H37N/c1-49(2,3)41-29-39-24-26-42-44(36-18-16-35(17-19-36)34-14-12-33(13-15-34)32-9-5-4-6-10-32)31-45(43-27-25-40(30-41)47(39)48(42)43)37-20-22-38(23-21-37)46-11-7-8-28-50-46/h4-31H,1-3H3. The van der Waals surface area contributed by atoms with Gasteiger partial charge in [0.15, 0.2) is 0 Å². The van der Waals surface area contributed by atoms with E-state index in [1.165, 1.54) is 82.4 Å². The zero-order chi connectivity index (χ0) is 33.8. The van der Waals surface area contributed by atoms with Crippen molar-refractivity contribution < 1.29 is 0 Å². The minimum absolute atomic E-state index is 0.0692. The monoisotopic (exact) mass is 639 g/mol. The predicted molar refractivity (Wildman–Crippen MR) is 214 cm³/mol. The third-order valence-electron chi connectivity index (χ3n) is 10.3. The van der Waals surface area contributed by atoms with Gasteiger partial charge >= 0.3 is 0 Å². The highest BCUT2D eigenvalue weighted by molar-refractivity contribution is 6.28. The van der Waals surface area contributed by atoms with Crippen molar-refractivity contribution in [2.24, 2.45) is 0 Å². The number of nitrogens with zero attached hydrogens (tertiary/aromatic N) is 1. The third-order valence-corrected chi connectivity index (χ3v) is 10.3. The normalized spacial score (nSPS) is 11.9. The highest BCUT2D eigenvalue weighted by atomic mass is 14.7. The lowest BCUT2D eigenvalue weighted by atomic mass is 9.81. The molecule has 1 heteroatoms. The van der Waals surface area contributed by atoms with E-state index < -0.39 is 0 Å². The van der Waals surface area contributed by atoms with Gasteiger partial charge in [-0.3, -0.25) is 4.98 Å². The van der Waals surface area contributed by atoms with E-state index in [1.54, 1.807) is 0 Å². The lowest BCUT2D eigenvalue weighted by Crippen LogP contribution is -2.10. The molecule has 0 spiro atoms. The van der Waals surface area contributed by atoms with Crippen LogP contribution >= 0.6 is 0 Å². The second-order valence-corrected chi connectivity index (χ2v) is 14.4. The molecule has 0 saturated carbocycles. The molecule has 9 aromatic rings. The average molecular weight is 640 g/mol. The summed E-state index contributed by atoms with van der Waals surface area (Å²) in [6.07, 6.45) is 1.85. The van der Waals surface area contributed by atoms with Crippen molar-refractivity contribution in [3.8, 4) is 55.8 Å². The fraction of sp³-hybridized carbons (Fsp3) is 0.0816. The Morgan fingerprint density at radius 1 is 0.380 bits per heavy atom. The van der Waals surface area contributed by atoms with Crippen molar-refractivity contribution in [1.82, 2.24) is 4.98 Å². The molecule has 0 aliphatic rings. The number of rotatable bonds is 5. The first-order valence-corrected chi connectivity index (χ1v) is 17.4. The van der Waals surface area contributed by atoms with Crippen LogP contribution in [0.15, 0.2) is 170 Å². The number of pyridine rings is 1. The fourth-order valence-corrected chi connectivity index (χ4v) is 7.51. The van der Waals surface area contributed by atoms with Gasteiger partial charge in [0.05, 0.1) is 5.69 Å². The first-order valence-electron chi connectivity index (χ1n) is 17.4. The van der Waals surface area contributed by atoms with E-state index >= 15 is 0 Å². The van der Waals surface area contributed by atoms with E-state index in [-0.39, 0.29) is 5.41 Å². The molecule has 238 valence electrons. The van der Waals surface area contributed by atoms with E-state index in [9.17, 15) is 0 Å². The molecule has 0 radical (unpaired) electrons. The van der Waals surface area contributed by atoms with Crippen LogP contribution in [0.1, 0.15) is 26.3 Å². The van der Waals surface area contributed by atoms with E-state index in [0.29, 0.717) is 0 Å². The van der Waals surface area contributed by atoms with Crippen LogP contribution < -0.4 is 0 Å². The van der Waals surface area contributed by atoms with Gasteiger partial charge in [-0.1, -0.05) is 166 Å². The Hall–Kier alpha value is -6.05. The Labute approximate surface area is 293 Å². The number of aromatic nitrogens is 1. The zero-order valence-corrected chi connectivity index (χ0v) is 28.6. The number of benzene rings is 8. The first kappa shape index (κ1) is 30.0. The molecule has 50 heavy (non-hydrogen) atoms. The third kappa shape index (κ3) is 5.23. The Bertz CT molecular complexity index is 2590. The van der Waals surface area contributed by atoms with E-state index in [0.717, 1.165) is 11.3 Å². The second kappa shape index (κ2) is 11.8. The molecule has 1 nitrogen and oxygen atoms in total. The van der Waals surface area contributed by atoms with Crippen LogP contribution in [0.2, 0.25) is 0 Å². The Balaban J connectivity index is 1.20. The van der Waals surface area contributed by atoms with Crippen molar-refractivity contribution >= 4 is 32.3 Å². The second-order valence-electron chi connectivity index (χ2n) is 14.4. The van der Waals surface area contributed by atoms with Crippen LogP contribution in [0.5, 0.6) is 0 Å². The maximum Gasteiger partial charge on any atom is 0.0701 e. The number of hydrogen-bond acceptors (Lipinski definition) is 1. The smallest absolute Gasteiger partial charge is 0.0701 e. The quantitative estimate of drug-likeness (QED) is 0.171. The molecule has 0 atom stereocenters. The van der Waals surface area contributed by atoms with Crippen molar-refractivity contribution in [2.75, 3.05) is 0 Å². The minimum Gasteiger partial charge on any atom is -0.256 e. The fourth-order valence-electron chi connectivity index (χ4n) is 7.51.